The summed E-state index contributed by atoms with van der Waals surface area (Å²) in [6.45, 7) is 6.58. The molecule has 14 heavy (non-hydrogen) atoms. The van der Waals surface area contributed by atoms with Gasteiger partial charge in [0, 0.05) is 17.9 Å². The quantitative estimate of drug-likeness (QED) is 0.724. The van der Waals surface area contributed by atoms with Gasteiger partial charge >= 0.3 is 0 Å². The van der Waals surface area contributed by atoms with Crippen molar-refractivity contribution in [3.63, 3.8) is 0 Å². The van der Waals surface area contributed by atoms with Crippen molar-refractivity contribution in [2.75, 3.05) is 6.54 Å². The van der Waals surface area contributed by atoms with Crippen LogP contribution in [0.1, 0.15) is 32.3 Å². The van der Waals surface area contributed by atoms with E-state index < -0.39 is 0 Å². The van der Waals surface area contributed by atoms with Crippen LogP contribution >= 0.6 is 0 Å². The van der Waals surface area contributed by atoms with Crippen LogP contribution in [0.15, 0.2) is 10.9 Å². The lowest BCUT2D eigenvalue weighted by Gasteiger charge is -2.17. The monoisotopic (exact) mass is 195 g/mol. The number of aromatic amines is 1. The van der Waals surface area contributed by atoms with Gasteiger partial charge < -0.3 is 10.7 Å². The van der Waals surface area contributed by atoms with Crippen LogP contribution in [0.25, 0.3) is 0 Å². The number of nitrogens with one attached hydrogen (secondary N) is 1. The topological polar surface area (TPSA) is 71.8 Å². The zero-order valence-corrected chi connectivity index (χ0v) is 8.92. The summed E-state index contributed by atoms with van der Waals surface area (Å²) in [7, 11) is 0. The first kappa shape index (κ1) is 10.9. The van der Waals surface area contributed by atoms with E-state index in [1.807, 2.05) is 20.8 Å². The largest absolute Gasteiger partial charge is 0.330 e. The van der Waals surface area contributed by atoms with Gasteiger partial charge in [-0.2, -0.15) is 0 Å². The molecule has 0 aliphatic rings. The lowest BCUT2D eigenvalue weighted by molar-refractivity contribution is 0.560. The van der Waals surface area contributed by atoms with Gasteiger partial charge in [0.25, 0.3) is 5.56 Å². The predicted octanol–water partition coefficient (Wildman–Crippen LogP) is 0.569. The number of rotatable bonds is 2. The maximum absolute atomic E-state index is 11.3. The lowest BCUT2D eigenvalue weighted by Crippen LogP contribution is -2.22. The SMILES string of the molecule is CC(C)(C)c1cc(=O)[nH]c(CCN)n1. The highest BCUT2D eigenvalue weighted by molar-refractivity contribution is 5.12. The molecule has 3 N–H and O–H groups in total. The number of hydrogen-bond donors (Lipinski definition) is 2. The molecule has 0 atom stereocenters. The molecule has 78 valence electrons. The number of H-pyrrole nitrogens is 1. The standard InChI is InChI=1S/C10H17N3O/c1-10(2,3)7-6-9(14)13-8(12-7)4-5-11/h6H,4-5,11H2,1-3H3,(H,12,13,14). The summed E-state index contributed by atoms with van der Waals surface area (Å²) >= 11 is 0. The Balaban J connectivity index is 3.14. The minimum Gasteiger partial charge on any atom is -0.330 e. The number of nitrogens with zero attached hydrogens (tertiary/aromatic N) is 1. The molecule has 4 nitrogen and oxygen atoms in total. The van der Waals surface area contributed by atoms with Crippen LogP contribution in [0, 0.1) is 0 Å². The van der Waals surface area contributed by atoms with E-state index in [9.17, 15) is 4.79 Å². The van der Waals surface area contributed by atoms with Crippen molar-refractivity contribution < 1.29 is 0 Å². The molecule has 1 aromatic rings. The highest BCUT2D eigenvalue weighted by Crippen LogP contribution is 2.17. The van der Waals surface area contributed by atoms with Crippen LogP contribution in [0.3, 0.4) is 0 Å². The van der Waals surface area contributed by atoms with Gasteiger partial charge in [-0.05, 0) is 6.54 Å². The summed E-state index contributed by atoms with van der Waals surface area (Å²) < 4.78 is 0. The van der Waals surface area contributed by atoms with Crippen LogP contribution in [0.2, 0.25) is 0 Å². The summed E-state index contributed by atoms with van der Waals surface area (Å²) in [6.07, 6.45) is 0.610. The molecule has 0 saturated carbocycles. The first-order chi connectivity index (χ1) is 6.43. The minimum atomic E-state index is -0.103. The van der Waals surface area contributed by atoms with E-state index in [4.69, 9.17) is 5.73 Å². The fraction of sp³-hybridized carbons (Fsp3) is 0.600. The van der Waals surface area contributed by atoms with E-state index in [0.29, 0.717) is 18.8 Å². The Morgan fingerprint density at radius 2 is 2.14 bits per heavy atom. The Morgan fingerprint density at radius 1 is 1.50 bits per heavy atom. The average molecular weight is 195 g/mol. The Hall–Kier alpha value is -1.16. The Labute approximate surface area is 83.6 Å². The van der Waals surface area contributed by atoms with Gasteiger partial charge in [-0.25, -0.2) is 4.98 Å². The van der Waals surface area contributed by atoms with Crippen molar-refractivity contribution in [2.24, 2.45) is 5.73 Å². The smallest absolute Gasteiger partial charge is 0.251 e. The number of nitrogens with two attached hydrogens (primary N) is 1. The lowest BCUT2D eigenvalue weighted by atomic mass is 9.92. The Morgan fingerprint density at radius 3 is 2.64 bits per heavy atom. The maximum Gasteiger partial charge on any atom is 0.251 e. The fourth-order valence-corrected chi connectivity index (χ4v) is 1.15. The molecule has 0 bridgehead atoms. The van der Waals surface area contributed by atoms with E-state index >= 15 is 0 Å². The third-order valence-electron chi connectivity index (χ3n) is 1.94. The van der Waals surface area contributed by atoms with Crippen LogP contribution in [0.4, 0.5) is 0 Å². The predicted molar refractivity (Wildman–Crippen MR) is 56.3 cm³/mol. The van der Waals surface area contributed by atoms with Gasteiger partial charge in [-0.1, -0.05) is 20.8 Å². The van der Waals surface area contributed by atoms with Crippen LogP contribution in [0.5, 0.6) is 0 Å². The molecule has 0 saturated heterocycles. The number of aromatic nitrogens is 2. The molecule has 0 spiro atoms. The van der Waals surface area contributed by atoms with Gasteiger partial charge in [-0.3, -0.25) is 4.79 Å². The van der Waals surface area contributed by atoms with Crippen molar-refractivity contribution in [3.8, 4) is 0 Å². The Kier molecular flexibility index (Phi) is 3.06. The summed E-state index contributed by atoms with van der Waals surface area (Å²) in [5.41, 5.74) is 6.01. The third-order valence-corrected chi connectivity index (χ3v) is 1.94. The van der Waals surface area contributed by atoms with Crippen LogP contribution in [-0.4, -0.2) is 16.5 Å². The van der Waals surface area contributed by atoms with Gasteiger partial charge in [0.2, 0.25) is 0 Å². The van der Waals surface area contributed by atoms with Crippen molar-refractivity contribution >= 4 is 0 Å². The van der Waals surface area contributed by atoms with Crippen molar-refractivity contribution in [2.45, 2.75) is 32.6 Å². The first-order valence-corrected chi connectivity index (χ1v) is 4.74. The highest BCUT2D eigenvalue weighted by Gasteiger charge is 2.16. The minimum absolute atomic E-state index is 0.0996. The summed E-state index contributed by atoms with van der Waals surface area (Å²) in [5, 5.41) is 0. The Bertz CT molecular complexity index is 362. The molecule has 0 radical (unpaired) electrons. The van der Waals surface area contributed by atoms with E-state index in [0.717, 1.165) is 5.69 Å². The van der Waals surface area contributed by atoms with Crippen molar-refractivity contribution in [3.05, 3.63) is 27.9 Å². The zero-order chi connectivity index (χ0) is 10.8. The van der Waals surface area contributed by atoms with Crippen molar-refractivity contribution in [1.82, 2.24) is 9.97 Å². The molecule has 1 heterocycles. The molecule has 0 aliphatic carbocycles. The zero-order valence-electron chi connectivity index (χ0n) is 8.92. The molecule has 0 amide bonds. The van der Waals surface area contributed by atoms with E-state index in [-0.39, 0.29) is 11.0 Å². The van der Waals surface area contributed by atoms with E-state index in [1.165, 1.54) is 0 Å². The highest BCUT2D eigenvalue weighted by atomic mass is 16.1. The van der Waals surface area contributed by atoms with Gasteiger partial charge in [-0.15, -0.1) is 0 Å². The van der Waals surface area contributed by atoms with E-state index in [2.05, 4.69) is 9.97 Å². The normalized spacial score (nSPS) is 11.7. The molecule has 4 heteroatoms. The summed E-state index contributed by atoms with van der Waals surface area (Å²) in [6, 6.07) is 1.54. The molecule has 0 aromatic carbocycles. The molecular weight excluding hydrogens is 178 g/mol. The molecular formula is C10H17N3O. The average Bonchev–Trinajstić information content (AvgIpc) is 2.02. The number of hydrogen-bond acceptors (Lipinski definition) is 3. The maximum atomic E-state index is 11.3. The second-order valence-corrected chi connectivity index (χ2v) is 4.37. The molecule has 0 fully saturated rings. The second-order valence-electron chi connectivity index (χ2n) is 4.37. The molecule has 1 rings (SSSR count). The second kappa shape index (κ2) is 3.92. The van der Waals surface area contributed by atoms with E-state index in [1.54, 1.807) is 6.07 Å². The summed E-state index contributed by atoms with van der Waals surface area (Å²) in [5.74, 6) is 0.671. The molecule has 0 unspecified atom stereocenters. The molecule has 0 aliphatic heterocycles. The van der Waals surface area contributed by atoms with Gasteiger partial charge in [0.1, 0.15) is 5.82 Å². The van der Waals surface area contributed by atoms with Crippen LogP contribution in [-0.2, 0) is 11.8 Å². The first-order valence-electron chi connectivity index (χ1n) is 4.74. The summed E-state index contributed by atoms with van der Waals surface area (Å²) in [4.78, 5) is 18.3. The van der Waals surface area contributed by atoms with Crippen LogP contribution < -0.4 is 11.3 Å². The van der Waals surface area contributed by atoms with Crippen molar-refractivity contribution in [1.29, 1.82) is 0 Å². The van der Waals surface area contributed by atoms with Gasteiger partial charge in [0.05, 0.1) is 5.69 Å². The fourth-order valence-electron chi connectivity index (χ4n) is 1.15. The molecule has 1 aromatic heterocycles. The van der Waals surface area contributed by atoms with Gasteiger partial charge in [0.15, 0.2) is 0 Å². The third kappa shape index (κ3) is 2.67.